The zero-order valence-electron chi connectivity index (χ0n) is 15.9. The third-order valence-corrected chi connectivity index (χ3v) is 6.88. The molecule has 0 radical (unpaired) electrons. The smallest absolute Gasteiger partial charge is 0.275 e. The Hall–Kier alpha value is -2.67. The van der Waals surface area contributed by atoms with E-state index in [0.29, 0.717) is 28.8 Å². The molecule has 0 bridgehead atoms. The standard InChI is InChI=1S/C20H17ClFN5O2S/c1-19-8-29-9-20(19,27-18(24)30-10-19)13-5-12(2-3-15(13)22)26-17(28)16-14(21)4-11(6-23)7-25-16/h2-5,7H,8-10H2,1H3,(H2,24,27)(H,26,28). The average Bonchev–Trinajstić information content (AvgIpc) is 3.06. The van der Waals surface area contributed by atoms with Gasteiger partial charge in [0.25, 0.3) is 5.91 Å². The molecule has 0 saturated carbocycles. The molecule has 1 aromatic heterocycles. The highest BCUT2D eigenvalue weighted by Crippen LogP contribution is 2.53. The fourth-order valence-corrected chi connectivity index (χ4v) is 5.00. The second kappa shape index (κ2) is 7.54. The number of aromatic nitrogens is 1. The molecule has 2 aliphatic heterocycles. The number of nitrogens with zero attached hydrogens (tertiary/aromatic N) is 3. The van der Waals surface area contributed by atoms with Crippen molar-refractivity contribution in [2.45, 2.75) is 12.5 Å². The number of nitrogens with one attached hydrogen (secondary N) is 1. The first-order valence-electron chi connectivity index (χ1n) is 9.01. The van der Waals surface area contributed by atoms with Crippen LogP contribution in [0.4, 0.5) is 10.1 Å². The number of halogens is 2. The SMILES string of the molecule is CC12COCC1(c1cc(NC(=O)c3ncc(C#N)cc3Cl)ccc1F)N=C(N)SC2. The van der Waals surface area contributed by atoms with Crippen LogP contribution in [0.15, 0.2) is 35.5 Å². The van der Waals surface area contributed by atoms with E-state index >= 15 is 0 Å². The molecule has 154 valence electrons. The van der Waals surface area contributed by atoms with Crippen molar-refractivity contribution in [2.75, 3.05) is 24.3 Å². The van der Waals surface area contributed by atoms with Gasteiger partial charge in [-0.1, -0.05) is 30.3 Å². The van der Waals surface area contributed by atoms with Crippen LogP contribution in [0.2, 0.25) is 5.02 Å². The molecule has 1 amide bonds. The molecule has 30 heavy (non-hydrogen) atoms. The van der Waals surface area contributed by atoms with Gasteiger partial charge in [0.1, 0.15) is 23.1 Å². The number of amides is 1. The van der Waals surface area contributed by atoms with Crippen molar-refractivity contribution in [2.24, 2.45) is 16.1 Å². The number of aliphatic imine (C=N–C) groups is 1. The first-order valence-corrected chi connectivity index (χ1v) is 10.4. The number of benzene rings is 1. The van der Waals surface area contributed by atoms with Crippen LogP contribution >= 0.6 is 23.4 Å². The molecule has 2 atom stereocenters. The molecule has 10 heteroatoms. The number of hydrogen-bond acceptors (Lipinski definition) is 7. The molecule has 7 nitrogen and oxygen atoms in total. The van der Waals surface area contributed by atoms with Crippen LogP contribution < -0.4 is 11.1 Å². The third kappa shape index (κ3) is 3.31. The van der Waals surface area contributed by atoms with Crippen LogP contribution in [0, 0.1) is 22.6 Å². The number of amidine groups is 1. The van der Waals surface area contributed by atoms with Crippen molar-refractivity contribution >= 4 is 40.1 Å². The molecule has 2 aromatic rings. The van der Waals surface area contributed by atoms with Gasteiger partial charge in [-0.05, 0) is 24.3 Å². The van der Waals surface area contributed by atoms with Gasteiger partial charge in [-0.3, -0.25) is 4.79 Å². The zero-order valence-corrected chi connectivity index (χ0v) is 17.5. The summed E-state index contributed by atoms with van der Waals surface area (Å²) in [6, 6.07) is 7.53. The lowest BCUT2D eigenvalue weighted by Crippen LogP contribution is -2.48. The Morgan fingerprint density at radius 3 is 2.97 bits per heavy atom. The molecule has 1 saturated heterocycles. The monoisotopic (exact) mass is 445 g/mol. The first kappa shape index (κ1) is 20.6. The average molecular weight is 446 g/mol. The number of nitrogens with two attached hydrogens (primary N) is 1. The Labute approximate surface area is 181 Å². The number of nitriles is 1. The van der Waals surface area contributed by atoms with Crippen LogP contribution in [0.25, 0.3) is 0 Å². The number of carbonyl (C=O) groups excluding carboxylic acids is 1. The largest absolute Gasteiger partial charge is 0.379 e. The van der Waals surface area contributed by atoms with E-state index in [0.717, 1.165) is 0 Å². The van der Waals surface area contributed by atoms with Gasteiger partial charge < -0.3 is 15.8 Å². The van der Waals surface area contributed by atoms with E-state index in [-0.39, 0.29) is 22.9 Å². The maximum absolute atomic E-state index is 14.9. The lowest BCUT2D eigenvalue weighted by molar-refractivity contribution is 0.102. The van der Waals surface area contributed by atoms with Crippen molar-refractivity contribution in [3.05, 3.63) is 58.1 Å². The summed E-state index contributed by atoms with van der Waals surface area (Å²) in [7, 11) is 0. The third-order valence-electron chi connectivity index (χ3n) is 5.42. The summed E-state index contributed by atoms with van der Waals surface area (Å²) >= 11 is 7.49. The van der Waals surface area contributed by atoms with Crippen molar-refractivity contribution in [3.63, 3.8) is 0 Å². The van der Waals surface area contributed by atoms with E-state index < -0.39 is 22.7 Å². The predicted octanol–water partition coefficient (Wildman–Crippen LogP) is 3.29. The van der Waals surface area contributed by atoms with Gasteiger partial charge >= 0.3 is 0 Å². The van der Waals surface area contributed by atoms with Gasteiger partial charge in [0.2, 0.25) is 0 Å². The maximum atomic E-state index is 14.9. The highest BCUT2D eigenvalue weighted by Gasteiger charge is 2.57. The highest BCUT2D eigenvalue weighted by molar-refractivity contribution is 8.13. The second-order valence-corrected chi connectivity index (χ2v) is 8.87. The Bertz CT molecular complexity index is 1120. The molecule has 1 aromatic carbocycles. The van der Waals surface area contributed by atoms with E-state index in [2.05, 4.69) is 15.3 Å². The van der Waals surface area contributed by atoms with Gasteiger partial charge in [-0.25, -0.2) is 14.4 Å². The summed E-state index contributed by atoms with van der Waals surface area (Å²) in [5, 5.41) is 12.0. The number of pyridine rings is 1. The normalized spacial score (nSPS) is 25.2. The summed E-state index contributed by atoms with van der Waals surface area (Å²) in [5.74, 6) is -0.391. The molecule has 3 N–H and O–H groups in total. The maximum Gasteiger partial charge on any atom is 0.275 e. The Morgan fingerprint density at radius 2 is 2.23 bits per heavy atom. The summed E-state index contributed by atoms with van der Waals surface area (Å²) in [6.07, 6.45) is 1.26. The number of thioether (sulfide) groups is 1. The molecule has 2 aliphatic rings. The Kier molecular flexibility index (Phi) is 5.18. The minimum atomic E-state index is -0.975. The number of rotatable bonds is 3. The van der Waals surface area contributed by atoms with Crippen LogP contribution in [0.3, 0.4) is 0 Å². The molecular formula is C20H17ClFN5O2S. The minimum absolute atomic E-state index is 0.0370. The van der Waals surface area contributed by atoms with E-state index in [9.17, 15) is 9.18 Å². The summed E-state index contributed by atoms with van der Waals surface area (Å²) in [4.78, 5) is 21.2. The Morgan fingerprint density at radius 1 is 1.43 bits per heavy atom. The summed E-state index contributed by atoms with van der Waals surface area (Å²) in [5.41, 5.74) is 5.43. The fraction of sp³-hybridized carbons (Fsp3) is 0.300. The van der Waals surface area contributed by atoms with Gasteiger partial charge in [-0.15, -0.1) is 0 Å². The number of anilines is 1. The zero-order chi connectivity index (χ0) is 21.5. The van der Waals surface area contributed by atoms with Crippen LogP contribution in [-0.2, 0) is 10.3 Å². The molecular weight excluding hydrogens is 429 g/mol. The minimum Gasteiger partial charge on any atom is -0.379 e. The van der Waals surface area contributed by atoms with Gasteiger partial charge in [0, 0.05) is 28.6 Å². The molecule has 0 aliphatic carbocycles. The predicted molar refractivity (Wildman–Crippen MR) is 113 cm³/mol. The Balaban J connectivity index is 1.70. The quantitative estimate of drug-likeness (QED) is 0.749. The molecule has 2 unspecified atom stereocenters. The van der Waals surface area contributed by atoms with Crippen molar-refractivity contribution in [1.29, 1.82) is 5.26 Å². The number of ether oxygens (including phenoxy) is 1. The number of carbonyl (C=O) groups is 1. The van der Waals surface area contributed by atoms with E-state index in [1.165, 1.54) is 36.2 Å². The van der Waals surface area contributed by atoms with Gasteiger partial charge in [-0.2, -0.15) is 5.26 Å². The van der Waals surface area contributed by atoms with Crippen LogP contribution in [-0.4, -0.2) is 35.0 Å². The van der Waals surface area contributed by atoms with Gasteiger partial charge in [0.15, 0.2) is 5.17 Å². The van der Waals surface area contributed by atoms with E-state index in [4.69, 9.17) is 27.3 Å². The van der Waals surface area contributed by atoms with Crippen LogP contribution in [0.1, 0.15) is 28.5 Å². The summed E-state index contributed by atoms with van der Waals surface area (Å²) in [6.45, 7) is 2.62. The van der Waals surface area contributed by atoms with Gasteiger partial charge in [0.05, 0.1) is 23.8 Å². The first-order chi connectivity index (χ1) is 14.3. The van der Waals surface area contributed by atoms with Crippen molar-refractivity contribution in [3.8, 4) is 6.07 Å². The van der Waals surface area contributed by atoms with Crippen molar-refractivity contribution < 1.29 is 13.9 Å². The van der Waals surface area contributed by atoms with E-state index in [1.54, 1.807) is 6.07 Å². The summed E-state index contributed by atoms with van der Waals surface area (Å²) < 4.78 is 20.6. The second-order valence-electron chi connectivity index (χ2n) is 7.47. The van der Waals surface area contributed by atoms with Crippen molar-refractivity contribution in [1.82, 2.24) is 4.98 Å². The van der Waals surface area contributed by atoms with Crippen LogP contribution in [0.5, 0.6) is 0 Å². The lowest BCUT2D eigenvalue weighted by atomic mass is 9.70. The fourth-order valence-electron chi connectivity index (χ4n) is 3.74. The molecule has 4 rings (SSSR count). The lowest BCUT2D eigenvalue weighted by Gasteiger charge is -2.42. The highest BCUT2D eigenvalue weighted by atomic mass is 35.5. The molecule has 3 heterocycles. The number of fused-ring (bicyclic) bond motifs is 1. The molecule has 1 fully saturated rings. The molecule has 0 spiro atoms. The number of hydrogen-bond donors (Lipinski definition) is 2. The van der Waals surface area contributed by atoms with E-state index in [1.807, 2.05) is 13.0 Å². The topological polar surface area (TPSA) is 113 Å².